The Morgan fingerprint density at radius 1 is 1.09 bits per heavy atom. The molecule has 0 radical (unpaired) electrons. The maximum atomic E-state index is 12.4. The first-order valence-electron chi connectivity index (χ1n) is 7.04. The van der Waals surface area contributed by atoms with Crippen molar-refractivity contribution in [2.75, 3.05) is 5.32 Å². The molecule has 0 bridgehead atoms. The maximum absolute atomic E-state index is 12.4. The number of fused-ring (bicyclic) bond motifs is 1. The topological polar surface area (TPSA) is 78.4 Å². The summed E-state index contributed by atoms with van der Waals surface area (Å²) in [6, 6.07) is 11.3. The lowest BCUT2D eigenvalue weighted by Gasteiger charge is -2.14. The fourth-order valence-corrected chi connectivity index (χ4v) is 2.60. The van der Waals surface area contributed by atoms with Crippen molar-refractivity contribution in [3.05, 3.63) is 59.2 Å². The summed E-state index contributed by atoms with van der Waals surface area (Å²) in [7, 11) is 0. The molecule has 3 N–H and O–H groups in total. The zero-order valence-corrected chi connectivity index (χ0v) is 12.1. The van der Waals surface area contributed by atoms with Crippen molar-refractivity contribution in [2.45, 2.75) is 19.4 Å². The number of aromatic hydroxyl groups is 1. The Labute approximate surface area is 128 Å². The van der Waals surface area contributed by atoms with Gasteiger partial charge >= 0.3 is 0 Å². The number of phenolic OH excluding ortho intramolecular Hbond substituents is 1. The van der Waals surface area contributed by atoms with Gasteiger partial charge in [-0.3, -0.25) is 9.59 Å². The molecule has 0 saturated heterocycles. The van der Waals surface area contributed by atoms with E-state index in [1.165, 1.54) is 0 Å². The first-order chi connectivity index (χ1) is 10.5. The van der Waals surface area contributed by atoms with E-state index in [0.29, 0.717) is 17.7 Å². The summed E-state index contributed by atoms with van der Waals surface area (Å²) in [5, 5.41) is 14.9. The standard InChI is InChI=1S/C17H16N2O3/c1-10-3-2-4-13-15(10)17(22)19-14(16(21)18-13)9-11-5-7-12(20)8-6-11/h2-8,14,20H,9H2,1H3,(H,18,21)(H,19,22)/t14-/m1/s1. The molecule has 2 amide bonds. The maximum Gasteiger partial charge on any atom is 0.254 e. The Bertz CT molecular complexity index is 738. The van der Waals surface area contributed by atoms with Crippen LogP contribution in [-0.2, 0) is 11.2 Å². The molecule has 1 heterocycles. The Balaban J connectivity index is 1.87. The van der Waals surface area contributed by atoms with Crippen LogP contribution in [0.25, 0.3) is 0 Å². The predicted molar refractivity (Wildman–Crippen MR) is 82.9 cm³/mol. The van der Waals surface area contributed by atoms with Gasteiger partial charge in [-0.15, -0.1) is 0 Å². The Hall–Kier alpha value is -2.82. The molecule has 2 aromatic carbocycles. The van der Waals surface area contributed by atoms with Gasteiger partial charge < -0.3 is 15.7 Å². The fraction of sp³-hybridized carbons (Fsp3) is 0.176. The number of carbonyl (C=O) groups excluding carboxylic acids is 2. The Morgan fingerprint density at radius 3 is 2.55 bits per heavy atom. The van der Waals surface area contributed by atoms with Gasteiger partial charge in [0.15, 0.2) is 0 Å². The lowest BCUT2D eigenvalue weighted by Crippen LogP contribution is -2.42. The highest BCUT2D eigenvalue weighted by Crippen LogP contribution is 2.23. The number of phenols is 1. The number of anilines is 1. The first-order valence-corrected chi connectivity index (χ1v) is 7.04. The van der Waals surface area contributed by atoms with Crippen molar-refractivity contribution in [3.63, 3.8) is 0 Å². The first kappa shape index (κ1) is 14.1. The van der Waals surface area contributed by atoms with Crippen molar-refractivity contribution in [2.24, 2.45) is 0 Å². The van der Waals surface area contributed by atoms with E-state index in [1.807, 2.05) is 19.1 Å². The van der Waals surface area contributed by atoms with Gasteiger partial charge in [0.05, 0.1) is 11.3 Å². The molecule has 0 spiro atoms. The molecule has 112 valence electrons. The molecule has 1 aliphatic heterocycles. The summed E-state index contributed by atoms with van der Waals surface area (Å²) in [4.78, 5) is 24.7. The van der Waals surface area contributed by atoms with Crippen molar-refractivity contribution >= 4 is 17.5 Å². The molecule has 5 nitrogen and oxygen atoms in total. The molecule has 5 heteroatoms. The highest BCUT2D eigenvalue weighted by atomic mass is 16.3. The SMILES string of the molecule is Cc1cccc2c1C(=O)N[C@H](Cc1ccc(O)cc1)C(=O)N2. The van der Waals surface area contributed by atoms with E-state index in [1.54, 1.807) is 30.3 Å². The molecule has 1 atom stereocenters. The zero-order chi connectivity index (χ0) is 15.7. The van der Waals surface area contributed by atoms with Gasteiger partial charge in [0, 0.05) is 6.42 Å². The van der Waals surface area contributed by atoms with Gasteiger partial charge in [-0.1, -0.05) is 24.3 Å². The number of benzene rings is 2. The average Bonchev–Trinajstić information content (AvgIpc) is 2.59. The normalized spacial score (nSPS) is 17.2. The third-order valence-corrected chi connectivity index (χ3v) is 3.76. The second-order valence-corrected chi connectivity index (χ2v) is 5.38. The minimum Gasteiger partial charge on any atom is -0.508 e. The largest absolute Gasteiger partial charge is 0.508 e. The summed E-state index contributed by atoms with van der Waals surface area (Å²) in [5.74, 6) is -0.331. The molecule has 0 saturated carbocycles. The van der Waals surface area contributed by atoms with Crippen LogP contribution in [-0.4, -0.2) is 23.0 Å². The van der Waals surface area contributed by atoms with Gasteiger partial charge in [0.2, 0.25) is 5.91 Å². The van der Waals surface area contributed by atoms with E-state index >= 15 is 0 Å². The minimum absolute atomic E-state index is 0.168. The van der Waals surface area contributed by atoms with Crippen LogP contribution in [0.5, 0.6) is 5.75 Å². The predicted octanol–water partition coefficient (Wildman–Crippen LogP) is 1.99. The molecule has 22 heavy (non-hydrogen) atoms. The van der Waals surface area contributed by atoms with E-state index in [0.717, 1.165) is 11.1 Å². The van der Waals surface area contributed by atoms with Crippen molar-refractivity contribution < 1.29 is 14.7 Å². The summed E-state index contributed by atoms with van der Waals surface area (Å²) in [5.41, 5.74) is 2.72. The van der Waals surface area contributed by atoms with Crippen LogP contribution in [0.1, 0.15) is 21.5 Å². The number of carbonyl (C=O) groups is 2. The van der Waals surface area contributed by atoms with Crippen molar-refractivity contribution in [1.82, 2.24) is 5.32 Å². The highest BCUT2D eigenvalue weighted by Gasteiger charge is 2.28. The second kappa shape index (κ2) is 5.52. The number of hydrogen-bond donors (Lipinski definition) is 3. The fourth-order valence-electron chi connectivity index (χ4n) is 2.60. The molecule has 0 fully saturated rings. The van der Waals surface area contributed by atoms with Crippen molar-refractivity contribution in [1.29, 1.82) is 0 Å². The van der Waals surface area contributed by atoms with Crippen LogP contribution in [0, 0.1) is 6.92 Å². The number of aryl methyl sites for hydroxylation is 1. The quantitative estimate of drug-likeness (QED) is 0.793. The van der Waals surface area contributed by atoms with Crippen LogP contribution in [0.4, 0.5) is 5.69 Å². The molecule has 1 aliphatic rings. The van der Waals surface area contributed by atoms with Gasteiger partial charge in [-0.05, 0) is 36.2 Å². The second-order valence-electron chi connectivity index (χ2n) is 5.38. The van der Waals surface area contributed by atoms with E-state index < -0.39 is 6.04 Å². The van der Waals surface area contributed by atoms with Crippen LogP contribution >= 0.6 is 0 Å². The molecule has 0 aromatic heterocycles. The summed E-state index contributed by atoms with van der Waals surface area (Å²) >= 11 is 0. The van der Waals surface area contributed by atoms with Gasteiger partial charge in [0.25, 0.3) is 5.91 Å². The van der Waals surface area contributed by atoms with E-state index in [-0.39, 0.29) is 17.6 Å². The van der Waals surface area contributed by atoms with Gasteiger partial charge in [-0.25, -0.2) is 0 Å². The van der Waals surface area contributed by atoms with E-state index in [9.17, 15) is 14.7 Å². The minimum atomic E-state index is -0.649. The van der Waals surface area contributed by atoms with Gasteiger partial charge in [-0.2, -0.15) is 0 Å². The van der Waals surface area contributed by atoms with Crippen LogP contribution in [0.3, 0.4) is 0 Å². The number of nitrogens with one attached hydrogen (secondary N) is 2. The van der Waals surface area contributed by atoms with Crippen LogP contribution < -0.4 is 10.6 Å². The monoisotopic (exact) mass is 296 g/mol. The van der Waals surface area contributed by atoms with Crippen molar-refractivity contribution in [3.8, 4) is 5.75 Å². The van der Waals surface area contributed by atoms with E-state index in [4.69, 9.17) is 0 Å². The van der Waals surface area contributed by atoms with Gasteiger partial charge in [0.1, 0.15) is 11.8 Å². The Morgan fingerprint density at radius 2 is 1.82 bits per heavy atom. The lowest BCUT2D eigenvalue weighted by molar-refractivity contribution is -0.117. The molecular formula is C17H16N2O3. The molecule has 3 rings (SSSR count). The highest BCUT2D eigenvalue weighted by molar-refractivity contribution is 6.10. The lowest BCUT2D eigenvalue weighted by atomic mass is 10.0. The number of rotatable bonds is 2. The van der Waals surface area contributed by atoms with E-state index in [2.05, 4.69) is 10.6 Å². The molecular weight excluding hydrogens is 280 g/mol. The van der Waals surface area contributed by atoms with Crippen LogP contribution in [0.15, 0.2) is 42.5 Å². The summed E-state index contributed by atoms with van der Waals surface area (Å²) in [6.07, 6.45) is 0.366. The van der Waals surface area contributed by atoms with Crippen LogP contribution in [0.2, 0.25) is 0 Å². The third kappa shape index (κ3) is 2.65. The zero-order valence-electron chi connectivity index (χ0n) is 12.1. The molecule has 0 aliphatic carbocycles. The smallest absolute Gasteiger partial charge is 0.254 e. The number of hydrogen-bond acceptors (Lipinski definition) is 3. The average molecular weight is 296 g/mol. The number of amides is 2. The summed E-state index contributed by atoms with van der Waals surface area (Å²) in [6.45, 7) is 1.84. The molecule has 2 aromatic rings. The third-order valence-electron chi connectivity index (χ3n) is 3.76. The summed E-state index contributed by atoms with van der Waals surface area (Å²) < 4.78 is 0. The molecule has 0 unspecified atom stereocenters. The Kier molecular flexibility index (Phi) is 3.55.